The van der Waals surface area contributed by atoms with Crippen molar-refractivity contribution in [3.05, 3.63) is 77.9 Å². The third-order valence-corrected chi connectivity index (χ3v) is 6.01. The van der Waals surface area contributed by atoms with Gasteiger partial charge in [0.05, 0.1) is 22.0 Å². The number of benzene rings is 3. The van der Waals surface area contributed by atoms with Crippen LogP contribution < -0.4 is 10.6 Å². The number of aliphatic hydroxyl groups excluding tert-OH is 1. The largest absolute Gasteiger partial charge is 0.480 e. The topological polar surface area (TPSA) is 112 Å². The first-order valence-electron chi connectivity index (χ1n) is 10.2. The van der Waals surface area contributed by atoms with E-state index < -0.39 is 29.8 Å². The number of halogens is 2. The minimum Gasteiger partial charge on any atom is -0.480 e. The van der Waals surface area contributed by atoms with Crippen LogP contribution in [0.1, 0.15) is 17.3 Å². The molecule has 0 radical (unpaired) electrons. The fraction of sp³-hybridized carbons (Fsp3) is 0.125. The lowest BCUT2D eigenvalue weighted by atomic mass is 10.0. The van der Waals surface area contributed by atoms with Crippen LogP contribution in [-0.4, -0.2) is 39.2 Å². The minimum atomic E-state index is -1.43. The van der Waals surface area contributed by atoms with Gasteiger partial charge in [-0.2, -0.15) is 0 Å². The molecule has 7 nitrogen and oxygen atoms in total. The Labute approximate surface area is 196 Å². The Kier molecular flexibility index (Phi) is 6.53. The Hall–Kier alpha value is -3.89. The molecular weight excluding hydrogens is 464 g/mol. The summed E-state index contributed by atoms with van der Waals surface area (Å²) >= 11 is 1.21. The molecule has 0 aliphatic carbocycles. The number of carbonyl (C=O) groups is 2. The number of hydrogen-bond acceptors (Lipinski definition) is 6. The van der Waals surface area contributed by atoms with Crippen LogP contribution in [0.2, 0.25) is 0 Å². The average Bonchev–Trinajstić information content (AvgIpc) is 3.19. The van der Waals surface area contributed by atoms with E-state index in [4.69, 9.17) is 5.11 Å². The Morgan fingerprint density at radius 1 is 1.00 bits per heavy atom. The van der Waals surface area contributed by atoms with Crippen molar-refractivity contribution in [2.75, 3.05) is 5.32 Å². The first-order chi connectivity index (χ1) is 16.2. The molecule has 0 aliphatic rings. The first-order valence-corrected chi connectivity index (χ1v) is 11.0. The van der Waals surface area contributed by atoms with Crippen molar-refractivity contribution in [1.82, 2.24) is 10.3 Å². The zero-order valence-electron chi connectivity index (χ0n) is 17.8. The lowest BCUT2D eigenvalue weighted by Gasteiger charge is -2.17. The maximum absolute atomic E-state index is 14.8. The number of anilines is 2. The summed E-state index contributed by atoms with van der Waals surface area (Å²) in [6, 6.07) is 13.6. The van der Waals surface area contributed by atoms with Crippen molar-refractivity contribution >= 4 is 44.2 Å². The second kappa shape index (κ2) is 9.54. The molecule has 1 heterocycles. The van der Waals surface area contributed by atoms with Gasteiger partial charge in [-0.15, -0.1) is 0 Å². The molecule has 10 heteroatoms. The van der Waals surface area contributed by atoms with Gasteiger partial charge in [0.2, 0.25) is 0 Å². The second-order valence-electron chi connectivity index (χ2n) is 7.56. The molecule has 0 saturated heterocycles. The van der Waals surface area contributed by atoms with Crippen LogP contribution in [0.5, 0.6) is 0 Å². The Morgan fingerprint density at radius 3 is 2.35 bits per heavy atom. The monoisotopic (exact) mass is 483 g/mol. The summed E-state index contributed by atoms with van der Waals surface area (Å²) in [6.45, 7) is 1.27. The van der Waals surface area contributed by atoms with E-state index >= 15 is 0 Å². The van der Waals surface area contributed by atoms with E-state index in [9.17, 15) is 23.5 Å². The SMILES string of the molecule is C[C@H](O)[C@H](NC(=O)c1ccc(-c2ccc(Nc3nc4ccc(F)cc4s3)c(F)c2)cc1)C(=O)O. The average molecular weight is 483 g/mol. The molecule has 2 atom stereocenters. The van der Waals surface area contributed by atoms with E-state index in [0.717, 1.165) is 0 Å². The number of aliphatic carboxylic acids is 1. The summed E-state index contributed by atoms with van der Waals surface area (Å²) in [5.41, 5.74) is 2.22. The van der Waals surface area contributed by atoms with Crippen molar-refractivity contribution in [2.24, 2.45) is 0 Å². The number of aromatic nitrogens is 1. The van der Waals surface area contributed by atoms with Gasteiger partial charge in [0, 0.05) is 5.56 Å². The van der Waals surface area contributed by atoms with Gasteiger partial charge >= 0.3 is 5.97 Å². The van der Waals surface area contributed by atoms with Gasteiger partial charge in [-0.05, 0) is 60.5 Å². The number of thiazole rings is 1. The minimum absolute atomic E-state index is 0.196. The Morgan fingerprint density at radius 2 is 1.71 bits per heavy atom. The van der Waals surface area contributed by atoms with Crippen LogP contribution in [0.3, 0.4) is 0 Å². The predicted molar refractivity (Wildman–Crippen MR) is 125 cm³/mol. The Balaban J connectivity index is 1.48. The summed E-state index contributed by atoms with van der Waals surface area (Å²) in [4.78, 5) is 27.8. The van der Waals surface area contributed by atoms with Gasteiger partial charge in [-0.25, -0.2) is 18.6 Å². The third-order valence-electron chi connectivity index (χ3n) is 5.08. The summed E-state index contributed by atoms with van der Waals surface area (Å²) in [5, 5.41) is 24.2. The second-order valence-corrected chi connectivity index (χ2v) is 8.59. The molecule has 0 unspecified atom stereocenters. The van der Waals surface area contributed by atoms with Gasteiger partial charge in [0.1, 0.15) is 11.6 Å². The van der Waals surface area contributed by atoms with Crippen LogP contribution in [0.4, 0.5) is 19.6 Å². The smallest absolute Gasteiger partial charge is 0.328 e. The molecule has 0 aliphatic heterocycles. The quantitative estimate of drug-likeness (QED) is 0.307. The zero-order valence-corrected chi connectivity index (χ0v) is 18.6. The molecule has 1 aromatic heterocycles. The van der Waals surface area contributed by atoms with E-state index in [0.29, 0.717) is 26.5 Å². The van der Waals surface area contributed by atoms with Crippen LogP contribution in [0, 0.1) is 11.6 Å². The maximum atomic E-state index is 14.8. The van der Waals surface area contributed by atoms with E-state index in [1.54, 1.807) is 30.3 Å². The van der Waals surface area contributed by atoms with Gasteiger partial charge in [-0.1, -0.05) is 29.5 Å². The molecule has 34 heavy (non-hydrogen) atoms. The summed E-state index contributed by atoms with van der Waals surface area (Å²) in [7, 11) is 0. The zero-order chi connectivity index (χ0) is 24.4. The molecule has 3 aromatic carbocycles. The number of amides is 1. The number of nitrogens with one attached hydrogen (secondary N) is 2. The Bertz CT molecular complexity index is 1370. The lowest BCUT2D eigenvalue weighted by Crippen LogP contribution is -2.47. The fourth-order valence-corrected chi connectivity index (χ4v) is 4.19. The molecule has 4 N–H and O–H groups in total. The highest BCUT2D eigenvalue weighted by atomic mass is 32.1. The number of hydrogen-bond donors (Lipinski definition) is 4. The van der Waals surface area contributed by atoms with Crippen molar-refractivity contribution in [2.45, 2.75) is 19.1 Å². The van der Waals surface area contributed by atoms with Gasteiger partial charge < -0.3 is 20.8 Å². The van der Waals surface area contributed by atoms with E-state index in [-0.39, 0.29) is 17.1 Å². The highest BCUT2D eigenvalue weighted by molar-refractivity contribution is 7.22. The van der Waals surface area contributed by atoms with Gasteiger partial charge in [0.15, 0.2) is 11.2 Å². The lowest BCUT2D eigenvalue weighted by molar-refractivity contribution is -0.141. The van der Waals surface area contributed by atoms with Gasteiger partial charge in [-0.3, -0.25) is 4.79 Å². The van der Waals surface area contributed by atoms with Crippen molar-refractivity contribution in [3.63, 3.8) is 0 Å². The van der Waals surface area contributed by atoms with E-state index in [2.05, 4.69) is 15.6 Å². The van der Waals surface area contributed by atoms with Crippen LogP contribution >= 0.6 is 11.3 Å². The highest BCUT2D eigenvalue weighted by Gasteiger charge is 2.25. The molecule has 0 bridgehead atoms. The van der Waals surface area contributed by atoms with E-state index in [1.807, 2.05) is 0 Å². The molecule has 0 fully saturated rings. The summed E-state index contributed by atoms with van der Waals surface area (Å²) in [6.07, 6.45) is -1.26. The maximum Gasteiger partial charge on any atom is 0.328 e. The number of aliphatic hydroxyl groups is 1. The molecule has 1 amide bonds. The molecule has 4 rings (SSSR count). The van der Waals surface area contributed by atoms with Crippen LogP contribution in [0.15, 0.2) is 60.7 Å². The summed E-state index contributed by atoms with van der Waals surface area (Å²) in [5.74, 6) is -2.89. The van der Waals surface area contributed by atoms with Crippen LogP contribution in [0.25, 0.3) is 21.3 Å². The molecule has 4 aromatic rings. The van der Waals surface area contributed by atoms with Gasteiger partial charge in [0.25, 0.3) is 5.91 Å². The van der Waals surface area contributed by atoms with Crippen LogP contribution in [-0.2, 0) is 4.79 Å². The molecule has 0 saturated carbocycles. The van der Waals surface area contributed by atoms with Crippen molar-refractivity contribution in [3.8, 4) is 11.1 Å². The van der Waals surface area contributed by atoms with Crippen molar-refractivity contribution in [1.29, 1.82) is 0 Å². The van der Waals surface area contributed by atoms with Crippen molar-refractivity contribution < 1.29 is 28.6 Å². The molecular formula is C24H19F2N3O4S. The number of carboxylic acid groups (broad SMARTS) is 1. The highest BCUT2D eigenvalue weighted by Crippen LogP contribution is 2.31. The number of carboxylic acids is 1. The van der Waals surface area contributed by atoms with E-state index in [1.165, 1.54) is 48.6 Å². The number of fused-ring (bicyclic) bond motifs is 1. The normalized spacial score (nSPS) is 12.8. The third kappa shape index (κ3) is 5.03. The molecule has 174 valence electrons. The fourth-order valence-electron chi connectivity index (χ4n) is 3.29. The number of rotatable bonds is 7. The standard InChI is InChI=1S/C24H19F2N3O4S/c1-12(30)21(23(32)33)29-22(31)14-4-2-13(3-5-14)15-6-8-18(17(26)10-15)27-24-28-19-9-7-16(25)11-20(19)34-24/h2-12,21,30H,1H3,(H,27,28)(H,29,31)(H,32,33)/t12-,21-/m0/s1. The first kappa shape index (κ1) is 23.3. The predicted octanol–water partition coefficient (Wildman–Crippen LogP) is 4.55. The number of nitrogens with zero attached hydrogens (tertiary/aromatic N) is 1. The molecule has 0 spiro atoms. The summed E-state index contributed by atoms with van der Waals surface area (Å²) < 4.78 is 28.8. The number of carbonyl (C=O) groups excluding carboxylic acids is 1.